The molecule has 2 aromatic heterocycles. The number of Topliss-reactive ketones (excluding diaryl/α,β-unsaturated/α-hetero) is 1. The number of hydrogen-bond acceptors (Lipinski definition) is 4. The van der Waals surface area contributed by atoms with Gasteiger partial charge in [0.05, 0.1) is 0 Å². The quantitative estimate of drug-likeness (QED) is 0.398. The van der Waals surface area contributed by atoms with E-state index in [0.717, 1.165) is 0 Å². The fraction of sp³-hybridized carbons (Fsp3) is 0.333. The minimum atomic E-state index is -0.141. The molecule has 6 heteroatoms. The SMILES string of the molecule is CC(=O)c1c/c(=C(\C)[O-])c2n[n+](C)nn12. The van der Waals surface area contributed by atoms with Crippen LogP contribution in [0.1, 0.15) is 24.3 Å². The Morgan fingerprint density at radius 2 is 2.20 bits per heavy atom. The van der Waals surface area contributed by atoms with Crippen LogP contribution in [0.25, 0.3) is 11.4 Å². The van der Waals surface area contributed by atoms with Gasteiger partial charge >= 0.3 is 0 Å². The van der Waals surface area contributed by atoms with E-state index in [1.54, 1.807) is 7.05 Å². The second kappa shape index (κ2) is 3.01. The van der Waals surface area contributed by atoms with Crippen LogP contribution in [0.15, 0.2) is 6.07 Å². The lowest BCUT2D eigenvalue weighted by atomic mass is 10.3. The first-order valence-electron chi connectivity index (χ1n) is 4.45. The number of nitrogens with zero attached hydrogens (tertiary/aromatic N) is 4. The number of ketones is 1. The van der Waals surface area contributed by atoms with E-state index in [-0.39, 0.29) is 11.5 Å². The maximum Gasteiger partial charge on any atom is 0.295 e. The third-order valence-electron chi connectivity index (χ3n) is 2.15. The Bertz CT molecular complexity index is 595. The summed E-state index contributed by atoms with van der Waals surface area (Å²) in [4.78, 5) is 12.6. The molecular weight excluding hydrogens is 196 g/mol. The zero-order valence-corrected chi connectivity index (χ0v) is 8.68. The average Bonchev–Trinajstić information content (AvgIpc) is 2.59. The molecule has 2 aromatic rings. The standard InChI is InChI=1S/C9H10N4O2/c1-5(14)7-4-8(6(2)15)13-9(7)10-12(3)11-13/h4H,1-3H3. The highest BCUT2D eigenvalue weighted by atomic mass is 16.3. The molecule has 0 amide bonds. The first-order chi connectivity index (χ1) is 7.00. The molecule has 2 rings (SSSR count). The minimum Gasteiger partial charge on any atom is -0.875 e. The molecule has 2 heterocycles. The zero-order chi connectivity index (χ0) is 11.2. The summed E-state index contributed by atoms with van der Waals surface area (Å²) in [5.41, 5.74) is 0.804. The maximum absolute atomic E-state index is 11.3. The van der Waals surface area contributed by atoms with Crippen LogP contribution in [0.3, 0.4) is 0 Å². The molecule has 0 atom stereocenters. The van der Waals surface area contributed by atoms with E-state index in [1.807, 2.05) is 0 Å². The van der Waals surface area contributed by atoms with E-state index >= 15 is 0 Å². The second-order valence-electron chi connectivity index (χ2n) is 3.37. The molecule has 0 aromatic carbocycles. The molecule has 0 fully saturated rings. The van der Waals surface area contributed by atoms with Gasteiger partial charge in [0.25, 0.3) is 5.65 Å². The number of hydrogen-bond donors (Lipinski definition) is 0. The van der Waals surface area contributed by atoms with Crippen molar-refractivity contribution in [2.75, 3.05) is 0 Å². The van der Waals surface area contributed by atoms with Crippen molar-refractivity contribution in [2.24, 2.45) is 7.05 Å². The average molecular weight is 206 g/mol. The number of carbonyl (C=O) groups excluding carboxylic acids is 1. The third-order valence-corrected chi connectivity index (χ3v) is 2.15. The zero-order valence-electron chi connectivity index (χ0n) is 8.68. The van der Waals surface area contributed by atoms with Gasteiger partial charge in [0, 0.05) is 18.2 Å². The van der Waals surface area contributed by atoms with Crippen molar-refractivity contribution in [1.82, 2.24) is 14.8 Å². The van der Waals surface area contributed by atoms with E-state index < -0.39 is 0 Å². The van der Waals surface area contributed by atoms with Gasteiger partial charge < -0.3 is 5.11 Å². The number of rotatable bonds is 1. The van der Waals surface area contributed by atoms with Crippen LogP contribution >= 0.6 is 0 Å². The van der Waals surface area contributed by atoms with Crippen molar-refractivity contribution >= 4 is 17.2 Å². The first kappa shape index (κ1) is 9.57. The van der Waals surface area contributed by atoms with E-state index in [0.29, 0.717) is 16.6 Å². The predicted molar refractivity (Wildman–Crippen MR) is 48.5 cm³/mol. The van der Waals surface area contributed by atoms with Crippen LogP contribution in [0.4, 0.5) is 0 Å². The summed E-state index contributed by atoms with van der Waals surface area (Å²) in [6, 6.07) is 1.53. The molecule has 0 bridgehead atoms. The van der Waals surface area contributed by atoms with Gasteiger partial charge in [0.2, 0.25) is 11.5 Å². The second-order valence-corrected chi connectivity index (χ2v) is 3.37. The van der Waals surface area contributed by atoms with Crippen LogP contribution in [-0.4, -0.2) is 20.6 Å². The van der Waals surface area contributed by atoms with Crippen molar-refractivity contribution in [1.29, 1.82) is 0 Å². The molecule has 15 heavy (non-hydrogen) atoms. The van der Waals surface area contributed by atoms with Crippen LogP contribution in [0, 0.1) is 0 Å². The Balaban J connectivity index is 2.97. The Hall–Kier alpha value is -1.98. The summed E-state index contributed by atoms with van der Waals surface area (Å²) in [5, 5.41) is 19.7. The number of fused-ring (bicyclic) bond motifs is 1. The number of aromatic nitrogens is 4. The predicted octanol–water partition coefficient (Wildman–Crippen LogP) is -2.04. The molecule has 0 aliphatic rings. The summed E-state index contributed by atoms with van der Waals surface area (Å²) >= 11 is 0. The summed E-state index contributed by atoms with van der Waals surface area (Å²) in [6.07, 6.45) is 0. The summed E-state index contributed by atoms with van der Waals surface area (Å²) in [5.74, 6) is -0.265. The molecule has 0 spiro atoms. The Labute approximate surface area is 85.4 Å². The molecular formula is C9H10N4O2. The molecule has 0 aliphatic carbocycles. The van der Waals surface area contributed by atoms with Crippen molar-refractivity contribution in [2.45, 2.75) is 13.8 Å². The highest BCUT2D eigenvalue weighted by molar-refractivity contribution is 5.93. The Kier molecular flexibility index (Phi) is 1.92. The number of tetrazole rings is 1. The van der Waals surface area contributed by atoms with Crippen LogP contribution in [0.5, 0.6) is 0 Å². The van der Waals surface area contributed by atoms with Crippen molar-refractivity contribution < 1.29 is 14.7 Å². The van der Waals surface area contributed by atoms with Crippen molar-refractivity contribution in [3.63, 3.8) is 0 Å². The summed E-state index contributed by atoms with van der Waals surface area (Å²) in [6.45, 7) is 2.87. The van der Waals surface area contributed by atoms with Crippen LogP contribution < -0.4 is 15.1 Å². The van der Waals surface area contributed by atoms with Gasteiger partial charge in [0.15, 0.2) is 0 Å². The lowest BCUT2D eigenvalue weighted by molar-refractivity contribution is -0.783. The van der Waals surface area contributed by atoms with Crippen molar-refractivity contribution in [3.8, 4) is 0 Å². The fourth-order valence-electron chi connectivity index (χ4n) is 1.47. The van der Waals surface area contributed by atoms with Crippen molar-refractivity contribution in [3.05, 3.63) is 17.0 Å². The Morgan fingerprint density at radius 1 is 1.53 bits per heavy atom. The van der Waals surface area contributed by atoms with Crippen LogP contribution in [-0.2, 0) is 7.05 Å². The highest BCUT2D eigenvalue weighted by Crippen LogP contribution is 2.00. The molecule has 0 unspecified atom stereocenters. The minimum absolute atomic E-state index is 0.125. The fourth-order valence-corrected chi connectivity index (χ4v) is 1.47. The largest absolute Gasteiger partial charge is 0.875 e. The van der Waals surface area contributed by atoms with Gasteiger partial charge in [-0.15, -0.1) is 5.76 Å². The molecule has 0 saturated carbocycles. The normalized spacial score (nSPS) is 13.3. The van der Waals surface area contributed by atoms with E-state index in [9.17, 15) is 9.90 Å². The van der Waals surface area contributed by atoms with E-state index in [4.69, 9.17) is 0 Å². The van der Waals surface area contributed by atoms with Gasteiger partial charge in [-0.2, -0.15) is 0 Å². The Morgan fingerprint density at radius 3 is 2.73 bits per heavy atom. The molecule has 0 aliphatic heterocycles. The van der Waals surface area contributed by atoms with Gasteiger partial charge in [-0.25, -0.2) is 0 Å². The van der Waals surface area contributed by atoms with Crippen LogP contribution in [0.2, 0.25) is 0 Å². The molecule has 78 valence electrons. The maximum atomic E-state index is 11.3. The smallest absolute Gasteiger partial charge is 0.295 e. The lowest BCUT2D eigenvalue weighted by Gasteiger charge is -1.97. The topological polar surface area (TPSA) is 74.2 Å². The molecule has 6 nitrogen and oxygen atoms in total. The number of carbonyl (C=O) groups is 1. The monoisotopic (exact) mass is 206 g/mol. The van der Waals surface area contributed by atoms with Gasteiger partial charge in [-0.1, -0.05) is 11.4 Å². The lowest BCUT2D eigenvalue weighted by Crippen LogP contribution is -2.34. The van der Waals surface area contributed by atoms with Gasteiger partial charge in [-0.3, -0.25) is 4.79 Å². The summed E-state index contributed by atoms with van der Waals surface area (Å²) in [7, 11) is 1.64. The third kappa shape index (κ3) is 1.34. The van der Waals surface area contributed by atoms with E-state index in [1.165, 1.54) is 29.2 Å². The van der Waals surface area contributed by atoms with Gasteiger partial charge in [0.1, 0.15) is 12.3 Å². The van der Waals surface area contributed by atoms with E-state index in [2.05, 4.69) is 10.3 Å². The molecule has 0 N–H and O–H groups in total. The first-order valence-corrected chi connectivity index (χ1v) is 4.45. The molecule has 0 saturated heterocycles. The number of aryl methyl sites for hydroxylation is 1. The molecule has 0 radical (unpaired) electrons. The highest BCUT2D eigenvalue weighted by Gasteiger charge is 2.20. The van der Waals surface area contributed by atoms with Gasteiger partial charge in [-0.05, 0) is 9.90 Å². The summed E-state index contributed by atoms with van der Waals surface area (Å²) < 4.78 is 1.39.